The fraction of sp³-hybridized carbons (Fsp3) is 1.00. The molecule has 0 aromatic heterocycles. The van der Waals surface area contributed by atoms with Crippen molar-refractivity contribution >= 4 is 0 Å². The molecule has 1 atom stereocenters. The summed E-state index contributed by atoms with van der Waals surface area (Å²) in [6.45, 7) is 13.4. The van der Waals surface area contributed by atoms with Crippen LogP contribution in [0.25, 0.3) is 0 Å². The van der Waals surface area contributed by atoms with Crippen LogP contribution in [0.5, 0.6) is 0 Å². The molecule has 2 saturated heterocycles. The predicted octanol–water partition coefficient (Wildman–Crippen LogP) is 1.50. The number of likely N-dealkylation sites (tertiary alicyclic amines) is 1. The van der Waals surface area contributed by atoms with Gasteiger partial charge in [-0.05, 0) is 53.8 Å². The van der Waals surface area contributed by atoms with E-state index in [1.165, 1.54) is 45.6 Å². The molecule has 2 rings (SSSR count). The normalized spacial score (nSPS) is 31.2. The van der Waals surface area contributed by atoms with E-state index in [1.807, 2.05) is 0 Å². The molecule has 2 aliphatic heterocycles. The van der Waals surface area contributed by atoms with Crippen LogP contribution >= 0.6 is 0 Å². The van der Waals surface area contributed by atoms with E-state index in [9.17, 15) is 0 Å². The summed E-state index contributed by atoms with van der Waals surface area (Å²) in [5.41, 5.74) is 0. The molecule has 0 radical (unpaired) electrons. The first-order chi connectivity index (χ1) is 8.08. The van der Waals surface area contributed by atoms with Gasteiger partial charge in [0.15, 0.2) is 0 Å². The lowest BCUT2D eigenvalue weighted by molar-refractivity contribution is 0.0365. The van der Waals surface area contributed by atoms with Crippen LogP contribution in [-0.4, -0.2) is 72.6 Å². The molecule has 0 unspecified atom stereocenters. The molecule has 0 aromatic rings. The minimum Gasteiger partial charge on any atom is -0.301 e. The molecule has 0 N–H and O–H groups in total. The number of hydrogen-bond donors (Lipinski definition) is 0. The Morgan fingerprint density at radius 3 is 2.18 bits per heavy atom. The summed E-state index contributed by atoms with van der Waals surface area (Å²) in [5.74, 6) is 0. The lowest BCUT2D eigenvalue weighted by Crippen LogP contribution is -2.56. The van der Waals surface area contributed by atoms with Gasteiger partial charge >= 0.3 is 0 Å². The van der Waals surface area contributed by atoms with Gasteiger partial charge < -0.3 is 9.80 Å². The Balaban J connectivity index is 1.81. The van der Waals surface area contributed by atoms with Crippen molar-refractivity contribution in [3.8, 4) is 0 Å². The predicted molar refractivity (Wildman–Crippen MR) is 73.4 cm³/mol. The minimum absolute atomic E-state index is 0.724. The van der Waals surface area contributed by atoms with Gasteiger partial charge in [0.1, 0.15) is 0 Å². The standard InChI is InChI=1S/C14H29N3/c1-12(2)16-7-5-14(6-8-16)17-10-9-15(4)13(3)11-17/h12-14H,5-11H2,1-4H3/t13-/m1/s1. The first kappa shape index (κ1) is 13.3. The van der Waals surface area contributed by atoms with E-state index in [4.69, 9.17) is 0 Å². The van der Waals surface area contributed by atoms with E-state index in [2.05, 4.69) is 42.5 Å². The molecule has 100 valence electrons. The summed E-state index contributed by atoms with van der Waals surface area (Å²) in [6.07, 6.45) is 2.74. The lowest BCUT2D eigenvalue weighted by Gasteiger charge is -2.45. The number of nitrogens with zero attached hydrogens (tertiary/aromatic N) is 3. The highest BCUT2D eigenvalue weighted by molar-refractivity contribution is 4.86. The van der Waals surface area contributed by atoms with Crippen LogP contribution in [0.2, 0.25) is 0 Å². The van der Waals surface area contributed by atoms with Gasteiger partial charge in [-0.25, -0.2) is 0 Å². The minimum atomic E-state index is 0.724. The van der Waals surface area contributed by atoms with Crippen molar-refractivity contribution < 1.29 is 0 Å². The Morgan fingerprint density at radius 2 is 1.65 bits per heavy atom. The zero-order chi connectivity index (χ0) is 12.4. The summed E-state index contributed by atoms with van der Waals surface area (Å²) < 4.78 is 0. The number of likely N-dealkylation sites (N-methyl/N-ethyl adjacent to an activating group) is 1. The maximum atomic E-state index is 2.74. The van der Waals surface area contributed by atoms with Gasteiger partial charge in [0.25, 0.3) is 0 Å². The van der Waals surface area contributed by atoms with Gasteiger partial charge in [-0.15, -0.1) is 0 Å². The van der Waals surface area contributed by atoms with E-state index in [-0.39, 0.29) is 0 Å². The van der Waals surface area contributed by atoms with E-state index in [0.29, 0.717) is 0 Å². The van der Waals surface area contributed by atoms with Crippen LogP contribution in [0.1, 0.15) is 33.6 Å². The Bertz CT molecular complexity index is 234. The summed E-state index contributed by atoms with van der Waals surface area (Å²) in [5, 5.41) is 0. The molecule has 0 aromatic carbocycles. The van der Waals surface area contributed by atoms with Crippen LogP contribution in [0.15, 0.2) is 0 Å². The van der Waals surface area contributed by atoms with E-state index < -0.39 is 0 Å². The topological polar surface area (TPSA) is 9.72 Å². The van der Waals surface area contributed by atoms with Gasteiger partial charge in [0.2, 0.25) is 0 Å². The molecule has 3 nitrogen and oxygen atoms in total. The van der Waals surface area contributed by atoms with Crippen LogP contribution in [-0.2, 0) is 0 Å². The average molecular weight is 239 g/mol. The van der Waals surface area contributed by atoms with Gasteiger partial charge in [0, 0.05) is 37.8 Å². The second kappa shape index (κ2) is 5.68. The smallest absolute Gasteiger partial charge is 0.0192 e. The average Bonchev–Trinajstić information content (AvgIpc) is 2.33. The fourth-order valence-corrected chi connectivity index (χ4v) is 3.18. The van der Waals surface area contributed by atoms with E-state index in [0.717, 1.165) is 18.1 Å². The van der Waals surface area contributed by atoms with Crippen LogP contribution in [0.3, 0.4) is 0 Å². The molecule has 0 bridgehead atoms. The Hall–Kier alpha value is -0.120. The Labute approximate surface area is 107 Å². The van der Waals surface area contributed by atoms with Crippen molar-refractivity contribution in [2.24, 2.45) is 0 Å². The number of rotatable bonds is 2. The van der Waals surface area contributed by atoms with Crippen LogP contribution in [0.4, 0.5) is 0 Å². The van der Waals surface area contributed by atoms with Crippen molar-refractivity contribution in [1.29, 1.82) is 0 Å². The third-order valence-corrected chi connectivity index (χ3v) is 4.74. The molecule has 0 aliphatic carbocycles. The quantitative estimate of drug-likeness (QED) is 0.723. The van der Waals surface area contributed by atoms with Gasteiger partial charge in [-0.3, -0.25) is 4.90 Å². The van der Waals surface area contributed by atoms with Crippen molar-refractivity contribution in [3.63, 3.8) is 0 Å². The highest BCUT2D eigenvalue weighted by atomic mass is 15.3. The molecule has 3 heteroatoms. The maximum absolute atomic E-state index is 2.74. The second-order valence-electron chi connectivity index (χ2n) is 6.19. The first-order valence-electron chi connectivity index (χ1n) is 7.26. The van der Waals surface area contributed by atoms with Gasteiger partial charge in [0.05, 0.1) is 0 Å². The van der Waals surface area contributed by atoms with Crippen LogP contribution in [0, 0.1) is 0 Å². The van der Waals surface area contributed by atoms with E-state index >= 15 is 0 Å². The third kappa shape index (κ3) is 3.21. The summed E-state index contributed by atoms with van der Waals surface area (Å²) in [4.78, 5) is 7.85. The molecule has 2 aliphatic rings. The zero-order valence-corrected chi connectivity index (χ0v) is 12.0. The first-order valence-corrected chi connectivity index (χ1v) is 7.26. The SMILES string of the molecule is CC(C)N1CCC(N2CCN(C)[C@H](C)C2)CC1. The largest absolute Gasteiger partial charge is 0.301 e. The number of hydrogen-bond acceptors (Lipinski definition) is 3. The van der Waals surface area contributed by atoms with Gasteiger partial charge in [-0.2, -0.15) is 0 Å². The molecular formula is C14H29N3. The molecule has 0 spiro atoms. The Kier molecular flexibility index (Phi) is 4.45. The molecule has 2 heterocycles. The monoisotopic (exact) mass is 239 g/mol. The lowest BCUT2D eigenvalue weighted by atomic mass is 10.00. The van der Waals surface area contributed by atoms with E-state index in [1.54, 1.807) is 0 Å². The molecule has 0 saturated carbocycles. The zero-order valence-electron chi connectivity index (χ0n) is 12.0. The summed E-state index contributed by atoms with van der Waals surface area (Å²) >= 11 is 0. The molecule has 0 amide bonds. The third-order valence-electron chi connectivity index (χ3n) is 4.74. The Morgan fingerprint density at radius 1 is 1.00 bits per heavy atom. The second-order valence-corrected chi connectivity index (χ2v) is 6.19. The highest BCUT2D eigenvalue weighted by Crippen LogP contribution is 2.20. The van der Waals surface area contributed by atoms with Crippen molar-refractivity contribution in [2.75, 3.05) is 39.8 Å². The molecule has 17 heavy (non-hydrogen) atoms. The summed E-state index contributed by atoms with van der Waals surface area (Å²) in [7, 11) is 2.25. The van der Waals surface area contributed by atoms with Crippen molar-refractivity contribution in [2.45, 2.75) is 51.7 Å². The molecular weight excluding hydrogens is 210 g/mol. The van der Waals surface area contributed by atoms with Crippen LogP contribution < -0.4 is 0 Å². The van der Waals surface area contributed by atoms with Crippen molar-refractivity contribution in [3.05, 3.63) is 0 Å². The highest BCUT2D eigenvalue weighted by Gasteiger charge is 2.29. The molecule has 2 fully saturated rings. The van der Waals surface area contributed by atoms with Gasteiger partial charge in [-0.1, -0.05) is 0 Å². The fourth-order valence-electron chi connectivity index (χ4n) is 3.18. The number of piperazine rings is 1. The summed E-state index contributed by atoms with van der Waals surface area (Å²) in [6, 6.07) is 2.30. The maximum Gasteiger partial charge on any atom is 0.0192 e. The van der Waals surface area contributed by atoms with Crippen molar-refractivity contribution in [1.82, 2.24) is 14.7 Å². The number of piperidine rings is 1.